The second-order valence-corrected chi connectivity index (χ2v) is 6.82. The first-order valence-electron chi connectivity index (χ1n) is 6.34. The summed E-state index contributed by atoms with van der Waals surface area (Å²) in [4.78, 5) is 6.92. The van der Waals surface area contributed by atoms with Gasteiger partial charge in [-0.2, -0.15) is 0 Å². The van der Waals surface area contributed by atoms with Crippen molar-refractivity contribution < 1.29 is 0 Å². The molecule has 108 valence electrons. The van der Waals surface area contributed by atoms with Gasteiger partial charge in [0.2, 0.25) is 0 Å². The fourth-order valence-corrected chi connectivity index (χ4v) is 3.52. The maximum Gasteiger partial charge on any atom is 0.0686 e. The topological polar surface area (TPSA) is 42.1 Å². The predicted octanol–water partition coefficient (Wildman–Crippen LogP) is 3.59. The number of piperidine rings is 1. The van der Waals surface area contributed by atoms with Crippen molar-refractivity contribution in [1.29, 1.82) is 0 Å². The van der Waals surface area contributed by atoms with Crippen LogP contribution in [0, 0.1) is 5.92 Å². The van der Waals surface area contributed by atoms with E-state index in [1.165, 1.54) is 12.8 Å². The highest BCUT2D eigenvalue weighted by Gasteiger charge is 2.22. The molecule has 1 aromatic rings. The van der Waals surface area contributed by atoms with Crippen molar-refractivity contribution >= 4 is 44.3 Å². The van der Waals surface area contributed by atoms with Crippen LogP contribution in [0.3, 0.4) is 0 Å². The first-order valence-corrected chi connectivity index (χ1v) is 7.92. The average Bonchev–Trinajstić information content (AvgIpc) is 2.33. The Bertz CT molecular complexity index is 407. The highest BCUT2D eigenvalue weighted by atomic mass is 79.9. The van der Waals surface area contributed by atoms with Crippen LogP contribution in [0.25, 0.3) is 0 Å². The molecule has 0 radical (unpaired) electrons. The van der Waals surface area contributed by atoms with E-state index in [1.54, 1.807) is 0 Å². The first kappa shape index (κ1) is 17.4. The lowest BCUT2D eigenvalue weighted by Gasteiger charge is -2.33. The molecule has 0 amide bonds. The summed E-state index contributed by atoms with van der Waals surface area (Å²) in [6.07, 6.45) is 4.26. The molecular formula is C13H20Br2ClN3. The molecule has 1 fully saturated rings. The Kier molecular flexibility index (Phi) is 7.25. The molecule has 1 saturated heterocycles. The Morgan fingerprint density at radius 2 is 2.05 bits per heavy atom. The number of likely N-dealkylation sites (tertiary alicyclic amines) is 1. The van der Waals surface area contributed by atoms with E-state index < -0.39 is 0 Å². The van der Waals surface area contributed by atoms with Crippen LogP contribution in [-0.4, -0.2) is 29.0 Å². The number of rotatable bonds is 3. The zero-order chi connectivity index (χ0) is 13.1. The third-order valence-corrected chi connectivity index (χ3v) is 4.75. The number of hydrogen-bond acceptors (Lipinski definition) is 3. The zero-order valence-electron chi connectivity index (χ0n) is 11.0. The highest BCUT2D eigenvalue weighted by Crippen LogP contribution is 2.24. The molecule has 0 saturated carbocycles. The first-order chi connectivity index (χ1) is 8.56. The molecule has 1 atom stereocenters. The van der Waals surface area contributed by atoms with Crippen LogP contribution in [0.2, 0.25) is 0 Å². The molecular weight excluding hydrogens is 393 g/mol. The van der Waals surface area contributed by atoms with Crippen molar-refractivity contribution in [3.05, 3.63) is 26.9 Å². The summed E-state index contributed by atoms with van der Waals surface area (Å²) in [7, 11) is 0. The van der Waals surface area contributed by atoms with Gasteiger partial charge >= 0.3 is 0 Å². The van der Waals surface area contributed by atoms with Gasteiger partial charge in [-0.3, -0.25) is 9.88 Å². The lowest BCUT2D eigenvalue weighted by atomic mass is 9.91. The molecule has 2 N–H and O–H groups in total. The Morgan fingerprint density at radius 3 is 2.58 bits per heavy atom. The van der Waals surface area contributed by atoms with E-state index in [1.807, 2.05) is 6.20 Å². The molecule has 19 heavy (non-hydrogen) atoms. The monoisotopic (exact) mass is 411 g/mol. The molecule has 2 rings (SSSR count). The summed E-state index contributed by atoms with van der Waals surface area (Å²) in [5.74, 6) is 0.683. The Hall–Kier alpha value is 0.320. The van der Waals surface area contributed by atoms with Crippen molar-refractivity contribution in [3.8, 4) is 0 Å². The van der Waals surface area contributed by atoms with Gasteiger partial charge in [0, 0.05) is 27.7 Å². The SMILES string of the molecule is CC(N)C1CCN(Cc2ncc(Br)cc2Br)CC1.Cl. The van der Waals surface area contributed by atoms with Gasteiger partial charge in [0.15, 0.2) is 0 Å². The van der Waals surface area contributed by atoms with Crippen molar-refractivity contribution in [2.45, 2.75) is 32.4 Å². The van der Waals surface area contributed by atoms with E-state index in [4.69, 9.17) is 5.73 Å². The molecule has 0 aliphatic carbocycles. The van der Waals surface area contributed by atoms with Crippen molar-refractivity contribution in [3.63, 3.8) is 0 Å². The molecule has 0 bridgehead atoms. The van der Waals surface area contributed by atoms with Gasteiger partial charge < -0.3 is 5.73 Å². The van der Waals surface area contributed by atoms with Gasteiger partial charge in [-0.1, -0.05) is 0 Å². The number of nitrogens with two attached hydrogens (primary N) is 1. The third-order valence-electron chi connectivity index (χ3n) is 3.63. The number of pyridine rings is 1. The van der Waals surface area contributed by atoms with Gasteiger partial charge in [0.05, 0.1) is 5.69 Å². The maximum atomic E-state index is 5.96. The van der Waals surface area contributed by atoms with Crippen LogP contribution in [0.4, 0.5) is 0 Å². The lowest BCUT2D eigenvalue weighted by molar-refractivity contribution is 0.164. The van der Waals surface area contributed by atoms with Gasteiger partial charge in [0.25, 0.3) is 0 Å². The molecule has 1 aliphatic heterocycles. The zero-order valence-corrected chi connectivity index (χ0v) is 15.0. The second-order valence-electron chi connectivity index (χ2n) is 5.05. The van der Waals surface area contributed by atoms with Crippen LogP contribution in [0.5, 0.6) is 0 Å². The predicted molar refractivity (Wildman–Crippen MR) is 88.5 cm³/mol. The van der Waals surface area contributed by atoms with E-state index in [0.29, 0.717) is 12.0 Å². The molecule has 2 heterocycles. The van der Waals surface area contributed by atoms with Crippen molar-refractivity contribution in [2.24, 2.45) is 11.7 Å². The quantitative estimate of drug-likeness (QED) is 0.824. The average molecular weight is 414 g/mol. The summed E-state index contributed by atoms with van der Waals surface area (Å²) < 4.78 is 2.08. The minimum atomic E-state index is 0. The van der Waals surface area contributed by atoms with Crippen LogP contribution < -0.4 is 5.73 Å². The van der Waals surface area contributed by atoms with Gasteiger partial charge in [-0.05, 0) is 76.7 Å². The third kappa shape index (κ3) is 4.97. The minimum absolute atomic E-state index is 0. The maximum absolute atomic E-state index is 5.96. The molecule has 1 aromatic heterocycles. The molecule has 6 heteroatoms. The second kappa shape index (κ2) is 7.93. The largest absolute Gasteiger partial charge is 0.328 e. The number of halogens is 3. The van der Waals surface area contributed by atoms with Crippen LogP contribution >= 0.6 is 44.3 Å². The van der Waals surface area contributed by atoms with E-state index in [2.05, 4.69) is 54.7 Å². The van der Waals surface area contributed by atoms with Gasteiger partial charge in [0.1, 0.15) is 0 Å². The summed E-state index contributed by atoms with van der Waals surface area (Å²) in [5.41, 5.74) is 7.07. The Labute approximate surface area is 138 Å². The van der Waals surface area contributed by atoms with Crippen molar-refractivity contribution in [1.82, 2.24) is 9.88 Å². The smallest absolute Gasteiger partial charge is 0.0686 e. The Balaban J connectivity index is 0.00000180. The fourth-order valence-electron chi connectivity index (χ4n) is 2.41. The van der Waals surface area contributed by atoms with E-state index in [-0.39, 0.29) is 12.4 Å². The van der Waals surface area contributed by atoms with E-state index >= 15 is 0 Å². The lowest BCUT2D eigenvalue weighted by Crippen LogP contribution is -2.39. The molecule has 1 unspecified atom stereocenters. The van der Waals surface area contributed by atoms with E-state index in [0.717, 1.165) is 34.3 Å². The summed E-state index contributed by atoms with van der Waals surface area (Å²) in [6, 6.07) is 2.38. The number of aromatic nitrogens is 1. The summed E-state index contributed by atoms with van der Waals surface area (Å²) >= 11 is 7.00. The van der Waals surface area contributed by atoms with Crippen molar-refractivity contribution in [2.75, 3.05) is 13.1 Å². The van der Waals surface area contributed by atoms with Crippen LogP contribution in [-0.2, 0) is 6.54 Å². The van der Waals surface area contributed by atoms with Crippen LogP contribution in [0.1, 0.15) is 25.5 Å². The normalized spacial score (nSPS) is 18.9. The minimum Gasteiger partial charge on any atom is -0.328 e. The molecule has 1 aliphatic rings. The molecule has 0 aromatic carbocycles. The van der Waals surface area contributed by atoms with E-state index in [9.17, 15) is 0 Å². The van der Waals surface area contributed by atoms with Gasteiger partial charge in [-0.15, -0.1) is 12.4 Å². The summed E-state index contributed by atoms with van der Waals surface area (Å²) in [5, 5.41) is 0. The van der Waals surface area contributed by atoms with Gasteiger partial charge in [-0.25, -0.2) is 0 Å². The summed E-state index contributed by atoms with van der Waals surface area (Å²) in [6.45, 7) is 5.28. The number of hydrogen-bond donors (Lipinski definition) is 1. The molecule has 0 spiro atoms. The standard InChI is InChI=1S/C13H19Br2N3.ClH/c1-9(16)10-2-4-18(5-3-10)8-13-12(15)6-11(14)7-17-13;/h6-7,9-10H,2-5,8,16H2,1H3;1H. The number of nitrogens with zero attached hydrogens (tertiary/aromatic N) is 2. The Morgan fingerprint density at radius 1 is 1.42 bits per heavy atom. The fraction of sp³-hybridized carbons (Fsp3) is 0.615. The highest BCUT2D eigenvalue weighted by molar-refractivity contribution is 9.11. The van der Waals surface area contributed by atoms with Crippen LogP contribution in [0.15, 0.2) is 21.2 Å². The molecule has 3 nitrogen and oxygen atoms in total.